The molecule has 2 rings (SSSR count). The van der Waals surface area contributed by atoms with Gasteiger partial charge in [-0.2, -0.15) is 10.5 Å². The van der Waals surface area contributed by atoms with Gasteiger partial charge in [0.2, 0.25) is 0 Å². The summed E-state index contributed by atoms with van der Waals surface area (Å²) in [4.78, 5) is 14.2. The van der Waals surface area contributed by atoms with Crippen LogP contribution in [0.4, 0.5) is 5.82 Å². The van der Waals surface area contributed by atoms with Gasteiger partial charge < -0.3 is 15.5 Å². The smallest absolute Gasteiger partial charge is 0.268 e. The Kier molecular flexibility index (Phi) is 5.02. The van der Waals surface area contributed by atoms with E-state index in [1.807, 2.05) is 6.07 Å². The third kappa shape index (κ3) is 3.00. The number of rotatable bonds is 3. The lowest BCUT2D eigenvalue weighted by Gasteiger charge is -2.12. The Morgan fingerprint density at radius 2 is 1.79 bits per heavy atom. The highest BCUT2D eigenvalue weighted by atomic mass is 35.5. The fraction of sp³-hybridized carbons (Fsp3) is 0.0625. The Balaban J connectivity index is 2.80. The summed E-state index contributed by atoms with van der Waals surface area (Å²) >= 11 is 12.3. The van der Waals surface area contributed by atoms with Gasteiger partial charge in [0.1, 0.15) is 35.7 Å². The second kappa shape index (κ2) is 6.98. The van der Waals surface area contributed by atoms with Gasteiger partial charge in [-0.1, -0.05) is 29.1 Å². The van der Waals surface area contributed by atoms with Crippen LogP contribution in [0.2, 0.25) is 10.0 Å². The number of ether oxygens (including phenoxy) is 1. The third-order valence-corrected chi connectivity index (χ3v) is 3.62. The highest BCUT2D eigenvalue weighted by Gasteiger charge is 2.20. The average molecular weight is 359 g/mol. The standard InChI is InChI=1S/C16H8Cl2N4O2/c1-2-3-24-14-11(17)4-8(5-12(14)18)13-9(6-19)15(21)22-16(23)10(13)7-20/h1,4-5H,3H2,(H3,21,22,23). The van der Waals surface area contributed by atoms with Gasteiger partial charge in [-0.15, -0.1) is 6.42 Å². The summed E-state index contributed by atoms with van der Waals surface area (Å²) in [5, 5.41) is 18.8. The summed E-state index contributed by atoms with van der Waals surface area (Å²) in [5.41, 5.74) is 4.94. The monoisotopic (exact) mass is 358 g/mol. The number of hydrogen-bond donors (Lipinski definition) is 2. The normalized spacial score (nSPS) is 9.62. The Bertz CT molecular complexity index is 984. The number of aromatic amines is 1. The first-order chi connectivity index (χ1) is 11.4. The molecule has 3 N–H and O–H groups in total. The molecule has 0 atom stereocenters. The van der Waals surface area contributed by atoms with Crippen molar-refractivity contribution < 1.29 is 4.74 Å². The van der Waals surface area contributed by atoms with Crippen LogP contribution in [0.1, 0.15) is 11.1 Å². The maximum atomic E-state index is 11.9. The molecule has 0 radical (unpaired) electrons. The minimum absolute atomic E-state index is 0.0381. The fourth-order valence-electron chi connectivity index (χ4n) is 2.09. The number of benzene rings is 1. The molecule has 8 heteroatoms. The molecule has 0 amide bonds. The van der Waals surface area contributed by atoms with Crippen LogP contribution in [0.3, 0.4) is 0 Å². The molecule has 0 saturated heterocycles. The number of anilines is 1. The van der Waals surface area contributed by atoms with Crippen LogP contribution in [-0.2, 0) is 0 Å². The molecular formula is C16H8Cl2N4O2. The van der Waals surface area contributed by atoms with Crippen LogP contribution in [0.5, 0.6) is 5.75 Å². The van der Waals surface area contributed by atoms with E-state index in [2.05, 4.69) is 10.9 Å². The Labute approximate surface area is 147 Å². The molecule has 0 aliphatic heterocycles. The predicted molar refractivity (Wildman–Crippen MR) is 90.7 cm³/mol. The van der Waals surface area contributed by atoms with Gasteiger partial charge in [0.15, 0.2) is 5.75 Å². The first-order valence-corrected chi connectivity index (χ1v) is 7.11. The van der Waals surface area contributed by atoms with E-state index in [0.29, 0.717) is 0 Å². The molecule has 0 aliphatic carbocycles. The number of nitriles is 2. The lowest BCUT2D eigenvalue weighted by Crippen LogP contribution is -2.16. The number of terminal acetylenes is 1. The molecule has 0 bridgehead atoms. The number of hydrogen-bond acceptors (Lipinski definition) is 5. The maximum absolute atomic E-state index is 11.9. The number of nitrogen functional groups attached to an aromatic ring is 1. The van der Waals surface area contributed by atoms with Crippen molar-refractivity contribution >= 4 is 29.0 Å². The highest BCUT2D eigenvalue weighted by Crippen LogP contribution is 2.39. The number of H-pyrrole nitrogens is 1. The van der Waals surface area contributed by atoms with Gasteiger partial charge in [0.05, 0.1) is 10.0 Å². The SMILES string of the molecule is C#CCOc1c(Cl)cc(-c2c(C#N)c(N)[nH]c(=O)c2C#N)cc1Cl. The second-order valence-corrected chi connectivity index (χ2v) is 5.29. The first kappa shape index (κ1) is 17.2. The highest BCUT2D eigenvalue weighted by molar-refractivity contribution is 6.37. The average Bonchev–Trinajstić information content (AvgIpc) is 2.53. The molecule has 24 heavy (non-hydrogen) atoms. The molecule has 0 spiro atoms. The molecule has 0 saturated carbocycles. The third-order valence-electron chi connectivity index (χ3n) is 3.06. The van der Waals surface area contributed by atoms with Crippen LogP contribution in [-0.4, -0.2) is 11.6 Å². The van der Waals surface area contributed by atoms with Crippen LogP contribution >= 0.6 is 23.2 Å². The van der Waals surface area contributed by atoms with Crippen LogP contribution in [0, 0.1) is 35.0 Å². The number of pyridine rings is 1. The zero-order valence-electron chi connectivity index (χ0n) is 12.0. The van der Waals surface area contributed by atoms with Gasteiger partial charge in [-0.05, 0) is 17.7 Å². The molecule has 0 aliphatic rings. The number of nitrogens with one attached hydrogen (secondary N) is 1. The molecule has 6 nitrogen and oxygen atoms in total. The van der Waals surface area contributed by atoms with Crippen molar-refractivity contribution in [1.82, 2.24) is 4.98 Å². The predicted octanol–water partition coefficient (Wildman–Crippen LogP) is 2.69. The molecule has 2 aromatic rings. The van der Waals surface area contributed by atoms with Crippen molar-refractivity contribution in [1.29, 1.82) is 10.5 Å². The summed E-state index contributed by atoms with van der Waals surface area (Å²) in [5.74, 6) is 2.29. The first-order valence-electron chi connectivity index (χ1n) is 6.36. The quantitative estimate of drug-likeness (QED) is 0.818. The van der Waals surface area contributed by atoms with Crippen molar-refractivity contribution in [2.75, 3.05) is 12.3 Å². The summed E-state index contributed by atoms with van der Waals surface area (Å²) in [6, 6.07) is 6.44. The van der Waals surface area contributed by atoms with E-state index in [-0.39, 0.29) is 50.5 Å². The van der Waals surface area contributed by atoms with E-state index in [1.165, 1.54) is 12.1 Å². The largest absolute Gasteiger partial charge is 0.478 e. The minimum Gasteiger partial charge on any atom is -0.478 e. The molecule has 0 unspecified atom stereocenters. The summed E-state index contributed by atoms with van der Waals surface area (Å²) in [7, 11) is 0. The number of nitrogens with two attached hydrogens (primary N) is 1. The van der Waals surface area contributed by atoms with Crippen molar-refractivity contribution in [3.05, 3.63) is 43.7 Å². The molecule has 0 fully saturated rings. The van der Waals surface area contributed by atoms with Gasteiger partial charge in [0, 0.05) is 5.56 Å². The molecule has 1 aromatic carbocycles. The minimum atomic E-state index is -0.719. The van der Waals surface area contributed by atoms with Crippen molar-refractivity contribution in [2.24, 2.45) is 0 Å². The molecule has 118 valence electrons. The maximum Gasteiger partial charge on any atom is 0.268 e. The van der Waals surface area contributed by atoms with E-state index < -0.39 is 5.56 Å². The van der Waals surface area contributed by atoms with Gasteiger partial charge in [-0.25, -0.2) is 0 Å². The molecule has 1 heterocycles. The van der Waals surface area contributed by atoms with Crippen molar-refractivity contribution in [3.8, 4) is 41.4 Å². The van der Waals surface area contributed by atoms with E-state index in [1.54, 1.807) is 6.07 Å². The van der Waals surface area contributed by atoms with Gasteiger partial charge in [-0.3, -0.25) is 4.79 Å². The van der Waals surface area contributed by atoms with Crippen LogP contribution in [0.25, 0.3) is 11.1 Å². The van der Waals surface area contributed by atoms with Gasteiger partial charge >= 0.3 is 0 Å². The van der Waals surface area contributed by atoms with E-state index in [9.17, 15) is 15.3 Å². The van der Waals surface area contributed by atoms with Crippen molar-refractivity contribution in [3.63, 3.8) is 0 Å². The summed E-state index contributed by atoms with van der Waals surface area (Å²) in [6.07, 6.45) is 5.12. The summed E-state index contributed by atoms with van der Waals surface area (Å²) in [6.45, 7) is -0.0381. The Morgan fingerprint density at radius 1 is 1.21 bits per heavy atom. The summed E-state index contributed by atoms with van der Waals surface area (Å²) < 4.78 is 5.25. The zero-order valence-corrected chi connectivity index (χ0v) is 13.5. The number of halogens is 2. The Morgan fingerprint density at radius 3 is 2.29 bits per heavy atom. The van der Waals surface area contributed by atoms with Crippen LogP contribution in [0.15, 0.2) is 16.9 Å². The lowest BCUT2D eigenvalue weighted by atomic mass is 9.96. The van der Waals surface area contributed by atoms with E-state index in [4.69, 9.17) is 40.1 Å². The second-order valence-electron chi connectivity index (χ2n) is 4.48. The molecule has 1 aromatic heterocycles. The van der Waals surface area contributed by atoms with E-state index in [0.717, 1.165) is 0 Å². The lowest BCUT2D eigenvalue weighted by molar-refractivity contribution is 0.371. The zero-order chi connectivity index (χ0) is 17.9. The topological polar surface area (TPSA) is 116 Å². The van der Waals surface area contributed by atoms with Gasteiger partial charge in [0.25, 0.3) is 5.56 Å². The number of aromatic nitrogens is 1. The number of nitrogens with zero attached hydrogens (tertiary/aromatic N) is 2. The fourth-order valence-corrected chi connectivity index (χ4v) is 2.68. The van der Waals surface area contributed by atoms with Crippen molar-refractivity contribution in [2.45, 2.75) is 0 Å². The van der Waals surface area contributed by atoms with Crippen LogP contribution < -0.4 is 16.0 Å². The van der Waals surface area contributed by atoms with E-state index >= 15 is 0 Å². The molecular weight excluding hydrogens is 351 g/mol. The Hall–Kier alpha value is -3.11.